The summed E-state index contributed by atoms with van der Waals surface area (Å²) >= 11 is 0. The molecule has 1 aromatic rings. The molecule has 124 valence electrons. The molecule has 22 heavy (non-hydrogen) atoms. The number of ether oxygens (including phenoxy) is 2. The van der Waals surface area contributed by atoms with Crippen LogP contribution in [0, 0.1) is 0 Å². The Labute approximate surface area is 137 Å². The number of benzene rings is 1. The van der Waals surface area contributed by atoms with E-state index in [0.29, 0.717) is 6.54 Å². The first-order valence-corrected chi connectivity index (χ1v) is 6.91. The van der Waals surface area contributed by atoms with E-state index in [0.717, 1.165) is 13.1 Å². The van der Waals surface area contributed by atoms with Crippen molar-refractivity contribution in [1.82, 2.24) is 4.90 Å². The van der Waals surface area contributed by atoms with Gasteiger partial charge >= 0.3 is 11.9 Å². The van der Waals surface area contributed by atoms with Crippen molar-refractivity contribution in [3.8, 4) is 0 Å². The minimum atomic E-state index is -0.649. The average Bonchev–Trinajstić information content (AvgIpc) is 2.50. The predicted octanol–water partition coefficient (Wildman–Crippen LogP) is 1.98. The number of carbonyl (C=O) groups is 2. The van der Waals surface area contributed by atoms with Crippen molar-refractivity contribution in [3.05, 3.63) is 29.3 Å². The van der Waals surface area contributed by atoms with E-state index >= 15 is 0 Å². The number of anilines is 1. The summed E-state index contributed by atoms with van der Waals surface area (Å²) in [5, 5.41) is 0. The van der Waals surface area contributed by atoms with Crippen molar-refractivity contribution in [3.63, 3.8) is 0 Å². The number of nitrogens with zero attached hydrogens (tertiary/aromatic N) is 1. The van der Waals surface area contributed by atoms with Crippen LogP contribution < -0.4 is 5.73 Å². The Morgan fingerprint density at radius 3 is 2.36 bits per heavy atom. The molecule has 0 saturated heterocycles. The Balaban J connectivity index is 0.00000441. The number of esters is 2. The molecule has 1 rings (SSSR count). The van der Waals surface area contributed by atoms with E-state index < -0.39 is 11.9 Å². The van der Waals surface area contributed by atoms with E-state index in [-0.39, 0.29) is 35.8 Å². The first-order chi connectivity index (χ1) is 10.0. The topological polar surface area (TPSA) is 81.9 Å². The number of hydrogen-bond donors (Lipinski definition) is 1. The molecule has 0 radical (unpaired) electrons. The molecule has 0 bridgehead atoms. The maximum absolute atomic E-state index is 12.1. The van der Waals surface area contributed by atoms with Crippen molar-refractivity contribution >= 4 is 30.0 Å². The third-order valence-electron chi connectivity index (χ3n) is 3.24. The van der Waals surface area contributed by atoms with Crippen LogP contribution in [0.1, 0.15) is 34.6 Å². The van der Waals surface area contributed by atoms with E-state index in [2.05, 4.69) is 9.64 Å². The predicted molar refractivity (Wildman–Crippen MR) is 87.5 cm³/mol. The number of likely N-dealkylation sites (N-methyl/N-ethyl adjacent to an activating group) is 1. The fraction of sp³-hybridized carbons (Fsp3) is 0.467. The molecule has 0 aromatic heterocycles. The van der Waals surface area contributed by atoms with Gasteiger partial charge in [0.25, 0.3) is 0 Å². The molecule has 0 fully saturated rings. The van der Waals surface area contributed by atoms with Gasteiger partial charge in [-0.25, -0.2) is 9.59 Å². The third kappa shape index (κ3) is 5.20. The summed E-state index contributed by atoms with van der Waals surface area (Å²) in [6.45, 7) is 6.77. The lowest BCUT2D eigenvalue weighted by atomic mass is 10.1. The normalized spacial score (nSPS) is 10.0. The Kier molecular flexibility index (Phi) is 9.21. The van der Waals surface area contributed by atoms with Crippen LogP contribution >= 0.6 is 12.4 Å². The lowest BCUT2D eigenvalue weighted by molar-refractivity contribution is 0.0452. The number of halogens is 1. The van der Waals surface area contributed by atoms with Crippen molar-refractivity contribution in [2.45, 2.75) is 13.8 Å². The van der Waals surface area contributed by atoms with Crippen LogP contribution in [0.15, 0.2) is 18.2 Å². The molecular formula is C15H23ClN2O4. The van der Waals surface area contributed by atoms with E-state index in [1.165, 1.54) is 13.2 Å². The lowest BCUT2D eigenvalue weighted by Gasteiger charge is -2.17. The fourth-order valence-electron chi connectivity index (χ4n) is 1.96. The zero-order valence-electron chi connectivity index (χ0n) is 13.1. The minimum absolute atomic E-state index is 0. The summed E-state index contributed by atoms with van der Waals surface area (Å²) in [6, 6.07) is 4.64. The van der Waals surface area contributed by atoms with Gasteiger partial charge in [0, 0.05) is 12.2 Å². The second-order valence-electron chi connectivity index (χ2n) is 4.42. The van der Waals surface area contributed by atoms with E-state index in [1.807, 2.05) is 13.8 Å². The molecule has 7 heteroatoms. The molecule has 2 N–H and O–H groups in total. The lowest BCUT2D eigenvalue weighted by Crippen LogP contribution is -2.28. The highest BCUT2D eigenvalue weighted by Gasteiger charge is 2.21. The van der Waals surface area contributed by atoms with Crippen LogP contribution in [0.25, 0.3) is 0 Å². The molecule has 0 aliphatic rings. The van der Waals surface area contributed by atoms with Crippen LogP contribution in [0.4, 0.5) is 5.69 Å². The molecule has 0 unspecified atom stereocenters. The summed E-state index contributed by atoms with van der Waals surface area (Å²) in [6.07, 6.45) is 0. The number of methoxy groups -OCH3 is 1. The molecule has 0 atom stereocenters. The molecule has 0 amide bonds. The van der Waals surface area contributed by atoms with E-state index in [9.17, 15) is 9.59 Å². The molecule has 0 saturated carbocycles. The van der Waals surface area contributed by atoms with Crippen LogP contribution in [0.3, 0.4) is 0 Å². The summed E-state index contributed by atoms with van der Waals surface area (Å²) in [7, 11) is 1.24. The Hall–Kier alpha value is -1.79. The molecule has 1 aromatic carbocycles. The van der Waals surface area contributed by atoms with Gasteiger partial charge < -0.3 is 20.1 Å². The third-order valence-corrected chi connectivity index (χ3v) is 3.24. The number of rotatable bonds is 7. The molecule has 0 aliphatic heterocycles. The fourth-order valence-corrected chi connectivity index (χ4v) is 1.96. The summed E-state index contributed by atoms with van der Waals surface area (Å²) in [5.41, 5.74) is 6.11. The van der Waals surface area contributed by atoms with E-state index in [4.69, 9.17) is 10.5 Å². The van der Waals surface area contributed by atoms with Crippen molar-refractivity contribution in [2.24, 2.45) is 0 Å². The Morgan fingerprint density at radius 2 is 1.82 bits per heavy atom. The van der Waals surface area contributed by atoms with Gasteiger partial charge in [-0.05, 0) is 25.2 Å². The molecule has 0 heterocycles. The van der Waals surface area contributed by atoms with Crippen molar-refractivity contribution in [1.29, 1.82) is 0 Å². The van der Waals surface area contributed by atoms with Crippen molar-refractivity contribution < 1.29 is 19.1 Å². The zero-order valence-corrected chi connectivity index (χ0v) is 13.9. The zero-order chi connectivity index (χ0) is 15.8. The van der Waals surface area contributed by atoms with Gasteiger partial charge in [-0.1, -0.05) is 19.9 Å². The Morgan fingerprint density at radius 1 is 1.18 bits per heavy atom. The second-order valence-corrected chi connectivity index (χ2v) is 4.42. The number of carbonyl (C=O) groups excluding carboxylic acids is 2. The summed E-state index contributed by atoms with van der Waals surface area (Å²) < 4.78 is 9.86. The van der Waals surface area contributed by atoms with Gasteiger partial charge in [-0.15, -0.1) is 12.4 Å². The highest BCUT2D eigenvalue weighted by atomic mass is 35.5. The number of nitrogen functional groups attached to an aromatic ring is 1. The van der Waals surface area contributed by atoms with Crippen LogP contribution in [-0.2, 0) is 9.47 Å². The average molecular weight is 331 g/mol. The molecule has 6 nitrogen and oxygen atoms in total. The van der Waals surface area contributed by atoms with Gasteiger partial charge in [0.2, 0.25) is 0 Å². The van der Waals surface area contributed by atoms with Gasteiger partial charge in [0.05, 0.1) is 18.2 Å². The first kappa shape index (κ1) is 20.2. The monoisotopic (exact) mass is 330 g/mol. The van der Waals surface area contributed by atoms with Gasteiger partial charge in [0.1, 0.15) is 6.61 Å². The summed E-state index contributed by atoms with van der Waals surface area (Å²) in [5.74, 6) is -1.22. The number of nitrogens with two attached hydrogens (primary N) is 1. The minimum Gasteiger partial charge on any atom is -0.465 e. The standard InChI is InChI=1S/C15H22N2O4.ClH/c1-4-17(5-2)9-10-21-14(18)11-7-6-8-12(16)13(11)15(19)20-3;/h6-8H,4-5,9-10,16H2,1-3H3;1H. The smallest absolute Gasteiger partial charge is 0.340 e. The first-order valence-electron chi connectivity index (χ1n) is 6.91. The van der Waals surface area contributed by atoms with Crippen LogP contribution in [0.2, 0.25) is 0 Å². The molecule has 0 spiro atoms. The van der Waals surface area contributed by atoms with Crippen LogP contribution in [0.5, 0.6) is 0 Å². The summed E-state index contributed by atoms with van der Waals surface area (Å²) in [4.78, 5) is 25.9. The maximum Gasteiger partial charge on any atom is 0.340 e. The molecule has 0 aliphatic carbocycles. The SMILES string of the molecule is CCN(CC)CCOC(=O)c1cccc(N)c1C(=O)OC.Cl. The Bertz CT molecular complexity index is 504. The molecular weight excluding hydrogens is 308 g/mol. The maximum atomic E-state index is 12.1. The second kappa shape index (κ2) is 10.0. The number of hydrogen-bond acceptors (Lipinski definition) is 6. The van der Waals surface area contributed by atoms with Crippen molar-refractivity contribution in [2.75, 3.05) is 39.1 Å². The van der Waals surface area contributed by atoms with E-state index in [1.54, 1.807) is 12.1 Å². The van der Waals surface area contributed by atoms with Crippen LogP contribution in [-0.4, -0.2) is 50.2 Å². The quantitative estimate of drug-likeness (QED) is 0.608. The van der Waals surface area contributed by atoms with Gasteiger partial charge in [0.15, 0.2) is 0 Å². The van der Waals surface area contributed by atoms with Gasteiger partial charge in [-0.3, -0.25) is 0 Å². The highest BCUT2D eigenvalue weighted by Crippen LogP contribution is 2.19. The highest BCUT2D eigenvalue weighted by molar-refractivity contribution is 6.06. The largest absolute Gasteiger partial charge is 0.465 e. The van der Waals surface area contributed by atoms with Gasteiger partial charge in [-0.2, -0.15) is 0 Å².